The van der Waals surface area contributed by atoms with E-state index in [2.05, 4.69) is 0 Å². The van der Waals surface area contributed by atoms with Gasteiger partial charge in [-0.3, -0.25) is 0 Å². The Morgan fingerprint density at radius 1 is 1.24 bits per heavy atom. The molecule has 0 atom stereocenters. The molecule has 2 nitrogen and oxygen atoms in total. The van der Waals surface area contributed by atoms with Crippen LogP contribution in [0.1, 0.15) is 29.2 Å². The normalized spacial score (nSPS) is 10.2. The van der Waals surface area contributed by atoms with Crippen molar-refractivity contribution in [1.82, 2.24) is 0 Å². The lowest BCUT2D eigenvalue weighted by molar-refractivity contribution is 0.432. The Kier molecular flexibility index (Phi) is 4.54. The van der Waals surface area contributed by atoms with Crippen molar-refractivity contribution in [3.05, 3.63) is 58.4 Å². The first-order valence-electron chi connectivity index (χ1n) is 6.65. The third-order valence-corrected chi connectivity index (χ3v) is 3.22. The second kappa shape index (κ2) is 6.36. The van der Waals surface area contributed by atoms with Gasteiger partial charge in [-0.15, -0.1) is 0 Å². The molecule has 2 aromatic rings. The quantitative estimate of drug-likeness (QED) is 0.806. The van der Waals surface area contributed by atoms with Crippen LogP contribution in [-0.4, -0.2) is 0 Å². The zero-order valence-electron chi connectivity index (χ0n) is 11.9. The second-order valence-electron chi connectivity index (χ2n) is 4.75. The third kappa shape index (κ3) is 3.19. The number of alkyl halides is 1. The topological polar surface area (TPSA) is 33.0 Å². The minimum Gasteiger partial charge on any atom is -0.454 e. The van der Waals surface area contributed by atoms with Crippen molar-refractivity contribution in [1.29, 1.82) is 5.26 Å². The van der Waals surface area contributed by atoms with Crippen LogP contribution in [-0.2, 0) is 13.1 Å². The highest BCUT2D eigenvalue weighted by atomic mass is 19.1. The fourth-order valence-corrected chi connectivity index (χ4v) is 2.07. The minimum atomic E-state index is -0.706. The van der Waals surface area contributed by atoms with Gasteiger partial charge in [0.1, 0.15) is 12.4 Å². The van der Waals surface area contributed by atoms with Crippen LogP contribution in [0.3, 0.4) is 0 Å². The summed E-state index contributed by atoms with van der Waals surface area (Å²) in [5.41, 5.74) is 1.81. The molecular formula is C17H15F2NO. The van der Waals surface area contributed by atoms with Crippen molar-refractivity contribution in [2.24, 2.45) is 0 Å². The van der Waals surface area contributed by atoms with Gasteiger partial charge in [-0.05, 0) is 48.2 Å². The molecule has 0 fully saturated rings. The number of nitrogens with zero attached hydrogens (tertiary/aromatic N) is 1. The standard InChI is InChI=1S/C17H15F2NO/c1-3-14-5-4-11(2)17(16(14)19)21-15-7-12(9-18)6-13(8-15)10-20/h4-8H,3,9H2,1-2H3. The fraction of sp³-hybridized carbons (Fsp3) is 0.235. The average molecular weight is 287 g/mol. The van der Waals surface area contributed by atoms with E-state index in [1.54, 1.807) is 19.1 Å². The van der Waals surface area contributed by atoms with Gasteiger partial charge in [-0.25, -0.2) is 8.78 Å². The zero-order chi connectivity index (χ0) is 15.4. The molecule has 0 aliphatic carbocycles. The highest BCUT2D eigenvalue weighted by Crippen LogP contribution is 2.31. The maximum Gasteiger partial charge on any atom is 0.169 e. The highest BCUT2D eigenvalue weighted by Gasteiger charge is 2.13. The van der Waals surface area contributed by atoms with Gasteiger partial charge in [0.05, 0.1) is 11.6 Å². The highest BCUT2D eigenvalue weighted by molar-refractivity contribution is 5.45. The molecule has 0 N–H and O–H groups in total. The predicted molar refractivity (Wildman–Crippen MR) is 76.6 cm³/mol. The van der Waals surface area contributed by atoms with E-state index in [1.165, 1.54) is 18.2 Å². The van der Waals surface area contributed by atoms with Crippen molar-refractivity contribution in [3.63, 3.8) is 0 Å². The van der Waals surface area contributed by atoms with E-state index in [4.69, 9.17) is 10.00 Å². The number of rotatable bonds is 4. The van der Waals surface area contributed by atoms with Gasteiger partial charge >= 0.3 is 0 Å². The summed E-state index contributed by atoms with van der Waals surface area (Å²) in [4.78, 5) is 0. The Morgan fingerprint density at radius 3 is 2.62 bits per heavy atom. The summed E-state index contributed by atoms with van der Waals surface area (Å²) in [7, 11) is 0. The Morgan fingerprint density at radius 2 is 2.00 bits per heavy atom. The molecule has 2 aromatic carbocycles. The molecular weight excluding hydrogens is 272 g/mol. The molecule has 2 rings (SSSR count). The minimum absolute atomic E-state index is 0.120. The molecule has 0 saturated heterocycles. The van der Waals surface area contributed by atoms with Gasteiger partial charge in [0, 0.05) is 0 Å². The van der Waals surface area contributed by atoms with Crippen molar-refractivity contribution in [3.8, 4) is 17.6 Å². The second-order valence-corrected chi connectivity index (χ2v) is 4.75. The number of nitriles is 1. The van der Waals surface area contributed by atoms with Crippen molar-refractivity contribution < 1.29 is 13.5 Å². The van der Waals surface area contributed by atoms with E-state index in [-0.39, 0.29) is 17.1 Å². The van der Waals surface area contributed by atoms with Crippen LogP contribution in [0, 0.1) is 24.1 Å². The molecule has 0 aliphatic rings. The van der Waals surface area contributed by atoms with Crippen LogP contribution in [0.15, 0.2) is 30.3 Å². The van der Waals surface area contributed by atoms with E-state index in [1.807, 2.05) is 13.0 Å². The number of halogens is 2. The van der Waals surface area contributed by atoms with Gasteiger partial charge in [-0.1, -0.05) is 19.1 Å². The summed E-state index contributed by atoms with van der Waals surface area (Å²) < 4.78 is 32.7. The zero-order valence-corrected chi connectivity index (χ0v) is 11.9. The van der Waals surface area contributed by atoms with Crippen molar-refractivity contribution in [2.45, 2.75) is 26.9 Å². The van der Waals surface area contributed by atoms with Gasteiger partial charge in [0.25, 0.3) is 0 Å². The van der Waals surface area contributed by atoms with Crippen LogP contribution in [0.5, 0.6) is 11.5 Å². The third-order valence-electron chi connectivity index (χ3n) is 3.22. The maximum atomic E-state index is 14.3. The van der Waals surface area contributed by atoms with Crippen LogP contribution in [0.4, 0.5) is 8.78 Å². The molecule has 0 bridgehead atoms. The maximum absolute atomic E-state index is 14.3. The lowest BCUT2D eigenvalue weighted by Gasteiger charge is -2.13. The summed E-state index contributed by atoms with van der Waals surface area (Å²) in [6.45, 7) is 2.89. The molecule has 0 aliphatic heterocycles. The fourth-order valence-electron chi connectivity index (χ4n) is 2.07. The summed E-state index contributed by atoms with van der Waals surface area (Å²) in [5, 5.41) is 8.94. The monoisotopic (exact) mass is 287 g/mol. The molecule has 0 amide bonds. The molecule has 0 heterocycles. The first-order valence-corrected chi connectivity index (χ1v) is 6.65. The first-order chi connectivity index (χ1) is 10.1. The summed E-state index contributed by atoms with van der Waals surface area (Å²) >= 11 is 0. The molecule has 0 radical (unpaired) electrons. The van der Waals surface area contributed by atoms with E-state index in [9.17, 15) is 8.78 Å². The van der Waals surface area contributed by atoms with E-state index in [0.717, 1.165) is 0 Å². The van der Waals surface area contributed by atoms with E-state index >= 15 is 0 Å². The molecule has 0 unspecified atom stereocenters. The SMILES string of the molecule is CCc1ccc(C)c(Oc2cc(C#N)cc(CF)c2)c1F. The lowest BCUT2D eigenvalue weighted by atomic mass is 10.1. The Balaban J connectivity index is 2.45. The Bertz CT molecular complexity index is 705. The molecule has 108 valence electrons. The van der Waals surface area contributed by atoms with Crippen LogP contribution in [0.2, 0.25) is 0 Å². The molecule has 4 heteroatoms. The van der Waals surface area contributed by atoms with E-state index < -0.39 is 12.5 Å². The lowest BCUT2D eigenvalue weighted by Crippen LogP contribution is -1.97. The van der Waals surface area contributed by atoms with Crippen LogP contribution < -0.4 is 4.74 Å². The average Bonchev–Trinajstić information content (AvgIpc) is 2.51. The largest absolute Gasteiger partial charge is 0.454 e. The van der Waals surface area contributed by atoms with Crippen LogP contribution in [0.25, 0.3) is 0 Å². The first kappa shape index (κ1) is 15.0. The van der Waals surface area contributed by atoms with Gasteiger partial charge in [0.15, 0.2) is 11.6 Å². The Labute approximate surface area is 122 Å². The number of benzene rings is 2. The predicted octanol–water partition coefficient (Wildman–Crippen LogP) is 4.83. The summed E-state index contributed by atoms with van der Waals surface area (Å²) in [5.74, 6) is -0.0344. The molecule has 0 spiro atoms. The number of hydrogen-bond donors (Lipinski definition) is 0. The number of aryl methyl sites for hydroxylation is 2. The van der Waals surface area contributed by atoms with E-state index in [0.29, 0.717) is 23.1 Å². The smallest absolute Gasteiger partial charge is 0.169 e. The molecule has 0 saturated carbocycles. The number of ether oxygens (including phenoxy) is 1. The van der Waals surface area contributed by atoms with Gasteiger partial charge in [0.2, 0.25) is 0 Å². The van der Waals surface area contributed by atoms with Crippen molar-refractivity contribution in [2.75, 3.05) is 0 Å². The number of hydrogen-bond acceptors (Lipinski definition) is 2. The summed E-state index contributed by atoms with van der Waals surface area (Å²) in [6.07, 6.45) is 0.552. The summed E-state index contributed by atoms with van der Waals surface area (Å²) in [6, 6.07) is 9.82. The van der Waals surface area contributed by atoms with Crippen LogP contribution >= 0.6 is 0 Å². The van der Waals surface area contributed by atoms with Gasteiger partial charge < -0.3 is 4.74 Å². The Hall–Kier alpha value is -2.41. The molecule has 0 aromatic heterocycles. The molecule has 21 heavy (non-hydrogen) atoms. The van der Waals surface area contributed by atoms with Gasteiger partial charge in [-0.2, -0.15) is 5.26 Å². The van der Waals surface area contributed by atoms with Crippen molar-refractivity contribution >= 4 is 0 Å².